The first-order valence-corrected chi connectivity index (χ1v) is 7.61. The Morgan fingerprint density at radius 2 is 1.78 bits per heavy atom. The van der Waals surface area contributed by atoms with Crippen molar-refractivity contribution in [2.45, 2.75) is 77.3 Å². The van der Waals surface area contributed by atoms with E-state index in [1.165, 1.54) is 51.4 Å². The third-order valence-corrected chi connectivity index (χ3v) is 4.74. The summed E-state index contributed by atoms with van der Waals surface area (Å²) in [6, 6.07) is 0.944. The number of rotatable bonds is 4. The van der Waals surface area contributed by atoms with Crippen LogP contribution in [0.1, 0.15) is 65.2 Å². The Morgan fingerprint density at radius 1 is 1.11 bits per heavy atom. The molecule has 0 aromatic carbocycles. The zero-order valence-corrected chi connectivity index (χ0v) is 11.9. The van der Waals surface area contributed by atoms with Gasteiger partial charge in [-0.1, -0.05) is 39.5 Å². The van der Waals surface area contributed by atoms with E-state index in [0.29, 0.717) is 24.0 Å². The van der Waals surface area contributed by atoms with Gasteiger partial charge in [0, 0.05) is 12.1 Å². The Hall–Kier alpha value is -0.570. The topological polar surface area (TPSA) is 41.1 Å². The summed E-state index contributed by atoms with van der Waals surface area (Å²) < 4.78 is 0. The van der Waals surface area contributed by atoms with Crippen molar-refractivity contribution in [2.75, 3.05) is 6.54 Å². The van der Waals surface area contributed by atoms with Gasteiger partial charge in [-0.2, -0.15) is 0 Å². The van der Waals surface area contributed by atoms with Crippen LogP contribution in [-0.4, -0.2) is 24.5 Å². The first-order valence-electron chi connectivity index (χ1n) is 7.61. The summed E-state index contributed by atoms with van der Waals surface area (Å²) in [6.07, 6.45) is 9.99. The van der Waals surface area contributed by atoms with Crippen molar-refractivity contribution in [3.05, 3.63) is 0 Å². The molecule has 0 radical (unpaired) electrons. The predicted octanol–water partition coefficient (Wildman–Crippen LogP) is 2.60. The second-order valence-corrected chi connectivity index (χ2v) is 6.72. The molecule has 18 heavy (non-hydrogen) atoms. The van der Waals surface area contributed by atoms with E-state index in [1.54, 1.807) is 0 Å². The van der Waals surface area contributed by atoms with Crippen LogP contribution in [0.2, 0.25) is 0 Å². The van der Waals surface area contributed by atoms with E-state index in [9.17, 15) is 4.79 Å². The van der Waals surface area contributed by atoms with Gasteiger partial charge in [-0.3, -0.25) is 4.79 Å². The van der Waals surface area contributed by atoms with Crippen LogP contribution in [-0.2, 0) is 4.79 Å². The second kappa shape index (κ2) is 6.05. The highest BCUT2D eigenvalue weighted by Crippen LogP contribution is 2.35. The van der Waals surface area contributed by atoms with Crippen LogP contribution in [0.4, 0.5) is 0 Å². The van der Waals surface area contributed by atoms with Crippen molar-refractivity contribution >= 4 is 5.91 Å². The lowest BCUT2D eigenvalue weighted by Crippen LogP contribution is -2.48. The monoisotopic (exact) mass is 252 g/mol. The highest BCUT2D eigenvalue weighted by Gasteiger charge is 2.32. The molecule has 3 heteroatoms. The maximum atomic E-state index is 11.9. The Bertz CT molecular complexity index is 282. The van der Waals surface area contributed by atoms with Crippen LogP contribution in [0.5, 0.6) is 0 Å². The zero-order valence-electron chi connectivity index (χ0n) is 11.9. The highest BCUT2D eigenvalue weighted by atomic mass is 16.2. The summed E-state index contributed by atoms with van der Waals surface area (Å²) in [5.74, 6) is 0.184. The largest absolute Gasteiger partial charge is 0.352 e. The van der Waals surface area contributed by atoms with Crippen LogP contribution in [0, 0.1) is 5.41 Å². The number of amides is 1. The van der Waals surface area contributed by atoms with Crippen molar-refractivity contribution in [2.24, 2.45) is 5.41 Å². The number of carbonyl (C=O) groups excluding carboxylic acids is 1. The molecule has 2 fully saturated rings. The van der Waals surface area contributed by atoms with E-state index in [2.05, 4.69) is 24.5 Å². The first kappa shape index (κ1) is 13.9. The summed E-state index contributed by atoms with van der Waals surface area (Å²) in [6.45, 7) is 5.13. The molecule has 1 atom stereocenters. The molecule has 0 heterocycles. The molecule has 0 bridgehead atoms. The van der Waals surface area contributed by atoms with Gasteiger partial charge in [0.15, 0.2) is 0 Å². The summed E-state index contributed by atoms with van der Waals surface area (Å²) in [7, 11) is 0. The van der Waals surface area contributed by atoms with Gasteiger partial charge in [0.1, 0.15) is 0 Å². The maximum absolute atomic E-state index is 11.9. The average Bonchev–Trinajstić information content (AvgIpc) is 2.80. The molecule has 1 unspecified atom stereocenters. The fraction of sp³-hybridized carbons (Fsp3) is 0.933. The molecule has 104 valence electrons. The third kappa shape index (κ3) is 3.71. The highest BCUT2D eigenvalue weighted by molar-refractivity contribution is 5.78. The second-order valence-electron chi connectivity index (χ2n) is 6.72. The minimum atomic E-state index is 0.184. The predicted molar refractivity (Wildman–Crippen MR) is 74.4 cm³/mol. The molecule has 2 saturated carbocycles. The lowest BCUT2D eigenvalue weighted by Gasteiger charge is -2.39. The maximum Gasteiger partial charge on any atom is 0.234 e. The fourth-order valence-corrected chi connectivity index (χ4v) is 3.44. The van der Waals surface area contributed by atoms with Gasteiger partial charge < -0.3 is 10.6 Å². The normalized spacial score (nSPS) is 28.2. The van der Waals surface area contributed by atoms with Crippen molar-refractivity contribution in [3.63, 3.8) is 0 Å². The van der Waals surface area contributed by atoms with Crippen LogP contribution < -0.4 is 10.6 Å². The molecule has 2 N–H and O–H groups in total. The van der Waals surface area contributed by atoms with Gasteiger partial charge in [-0.05, 0) is 31.1 Å². The Morgan fingerprint density at radius 3 is 2.44 bits per heavy atom. The summed E-state index contributed by atoms with van der Waals surface area (Å²) in [5.41, 5.74) is 0.339. The molecule has 1 amide bonds. The number of nitrogens with one attached hydrogen (secondary N) is 2. The van der Waals surface area contributed by atoms with E-state index >= 15 is 0 Å². The van der Waals surface area contributed by atoms with E-state index < -0.39 is 0 Å². The summed E-state index contributed by atoms with van der Waals surface area (Å²) >= 11 is 0. The molecule has 0 aromatic rings. The lowest BCUT2D eigenvalue weighted by molar-refractivity contribution is -0.121. The van der Waals surface area contributed by atoms with Gasteiger partial charge in [-0.15, -0.1) is 0 Å². The van der Waals surface area contributed by atoms with Gasteiger partial charge in [0.05, 0.1) is 6.54 Å². The molecule has 0 saturated heterocycles. The van der Waals surface area contributed by atoms with Crippen molar-refractivity contribution < 1.29 is 4.79 Å². The van der Waals surface area contributed by atoms with Crippen LogP contribution in [0.3, 0.4) is 0 Å². The molecule has 0 spiro atoms. The number of carbonyl (C=O) groups is 1. The molecular weight excluding hydrogens is 224 g/mol. The van der Waals surface area contributed by atoms with E-state index in [0.717, 1.165) is 0 Å². The van der Waals surface area contributed by atoms with Crippen LogP contribution in [0.15, 0.2) is 0 Å². The molecule has 3 nitrogen and oxygen atoms in total. The van der Waals surface area contributed by atoms with Crippen LogP contribution >= 0.6 is 0 Å². The van der Waals surface area contributed by atoms with Gasteiger partial charge in [0.25, 0.3) is 0 Å². The zero-order chi connectivity index (χ0) is 13.0. The van der Waals surface area contributed by atoms with E-state index in [4.69, 9.17) is 0 Å². The Kier molecular flexibility index (Phi) is 4.66. The minimum absolute atomic E-state index is 0.184. The molecule has 2 aliphatic carbocycles. The Balaban J connectivity index is 1.71. The summed E-state index contributed by atoms with van der Waals surface area (Å²) in [5, 5.41) is 6.62. The van der Waals surface area contributed by atoms with Crippen molar-refractivity contribution in [1.82, 2.24) is 10.6 Å². The molecule has 2 aliphatic rings. The van der Waals surface area contributed by atoms with Gasteiger partial charge >= 0.3 is 0 Å². The minimum Gasteiger partial charge on any atom is -0.352 e. The standard InChI is InChI=1S/C15H28N2O/c1-15(2)10-6-5-9-13(15)16-11-14(18)17-12-7-3-4-8-12/h12-13,16H,3-11H2,1-2H3,(H,17,18). The number of hydrogen-bond acceptors (Lipinski definition) is 2. The Labute approximate surface area is 111 Å². The van der Waals surface area contributed by atoms with Crippen molar-refractivity contribution in [3.8, 4) is 0 Å². The first-order chi connectivity index (χ1) is 8.58. The molecule has 0 aliphatic heterocycles. The summed E-state index contributed by atoms with van der Waals surface area (Å²) in [4.78, 5) is 11.9. The third-order valence-electron chi connectivity index (χ3n) is 4.74. The van der Waals surface area contributed by atoms with Crippen molar-refractivity contribution in [1.29, 1.82) is 0 Å². The van der Waals surface area contributed by atoms with Crippen LogP contribution in [0.25, 0.3) is 0 Å². The quantitative estimate of drug-likeness (QED) is 0.807. The lowest BCUT2D eigenvalue weighted by atomic mass is 9.73. The van der Waals surface area contributed by atoms with E-state index in [1.807, 2.05) is 0 Å². The van der Waals surface area contributed by atoms with Gasteiger partial charge in [0.2, 0.25) is 5.91 Å². The average molecular weight is 252 g/mol. The smallest absolute Gasteiger partial charge is 0.234 e. The molecule has 2 rings (SSSR count). The SMILES string of the molecule is CC1(C)CCCCC1NCC(=O)NC1CCCC1. The number of hydrogen-bond donors (Lipinski definition) is 2. The van der Waals surface area contributed by atoms with Gasteiger partial charge in [-0.25, -0.2) is 0 Å². The van der Waals surface area contributed by atoms with E-state index in [-0.39, 0.29) is 5.91 Å². The molecular formula is C15H28N2O. The fourth-order valence-electron chi connectivity index (χ4n) is 3.44. The molecule has 0 aromatic heterocycles.